The van der Waals surface area contributed by atoms with Crippen molar-refractivity contribution >= 4 is 11.6 Å². The van der Waals surface area contributed by atoms with E-state index in [0.717, 1.165) is 36.0 Å². The summed E-state index contributed by atoms with van der Waals surface area (Å²) in [7, 11) is 3.45. The van der Waals surface area contributed by atoms with E-state index < -0.39 is 0 Å². The van der Waals surface area contributed by atoms with Gasteiger partial charge in [-0.15, -0.1) is 0 Å². The summed E-state index contributed by atoms with van der Waals surface area (Å²) in [6, 6.07) is 14.2. The van der Waals surface area contributed by atoms with Gasteiger partial charge in [-0.2, -0.15) is 0 Å². The molecule has 0 spiro atoms. The molecule has 0 fully saturated rings. The average Bonchev–Trinajstić information content (AvgIpc) is 3.09. The molecular weight excluding hydrogens is 326 g/mol. The normalized spacial score (nSPS) is 11.6. The van der Waals surface area contributed by atoms with Gasteiger partial charge in [0.25, 0.3) is 0 Å². The molecule has 2 heterocycles. The third kappa shape index (κ3) is 4.33. The highest BCUT2D eigenvalue weighted by Gasteiger charge is 2.04. The highest BCUT2D eigenvalue weighted by molar-refractivity contribution is 5.79. The second-order valence-corrected chi connectivity index (χ2v) is 6.08. The highest BCUT2D eigenvalue weighted by atomic mass is 16.5. The number of benzene rings is 1. The third-order valence-corrected chi connectivity index (χ3v) is 4.27. The molecule has 2 N–H and O–H groups in total. The first-order valence-electron chi connectivity index (χ1n) is 8.70. The molecule has 136 valence electrons. The van der Waals surface area contributed by atoms with Crippen molar-refractivity contribution in [3.05, 3.63) is 65.6 Å². The molecule has 6 nitrogen and oxygen atoms in total. The smallest absolute Gasteiger partial charge is 0.191 e. The van der Waals surface area contributed by atoms with Crippen molar-refractivity contribution in [3.63, 3.8) is 0 Å². The zero-order chi connectivity index (χ0) is 18.4. The maximum Gasteiger partial charge on any atom is 0.191 e. The third-order valence-electron chi connectivity index (χ3n) is 4.27. The number of nitrogens with one attached hydrogen (secondary N) is 2. The van der Waals surface area contributed by atoms with Crippen molar-refractivity contribution in [1.29, 1.82) is 0 Å². The first kappa shape index (κ1) is 17.8. The van der Waals surface area contributed by atoms with E-state index in [-0.39, 0.29) is 0 Å². The first-order chi connectivity index (χ1) is 12.7. The molecule has 3 rings (SSSR count). The molecule has 0 aliphatic carbocycles. The van der Waals surface area contributed by atoms with E-state index in [1.807, 2.05) is 24.3 Å². The first-order valence-corrected chi connectivity index (χ1v) is 8.70. The summed E-state index contributed by atoms with van der Waals surface area (Å²) < 4.78 is 7.27. The van der Waals surface area contributed by atoms with Gasteiger partial charge in [-0.3, -0.25) is 4.99 Å². The number of nitrogens with zero attached hydrogens (tertiary/aromatic N) is 3. The van der Waals surface area contributed by atoms with Crippen LogP contribution in [0.15, 0.2) is 53.7 Å². The Kier molecular flexibility index (Phi) is 5.73. The maximum absolute atomic E-state index is 5.18. The number of pyridine rings is 1. The quantitative estimate of drug-likeness (QED) is 0.529. The number of aryl methyl sites for hydroxylation is 1. The molecule has 0 atom stereocenters. The van der Waals surface area contributed by atoms with E-state index >= 15 is 0 Å². The van der Waals surface area contributed by atoms with Gasteiger partial charge < -0.3 is 19.8 Å². The molecule has 0 aliphatic rings. The Morgan fingerprint density at radius 1 is 1.15 bits per heavy atom. The Balaban J connectivity index is 1.50. The van der Waals surface area contributed by atoms with E-state index in [1.165, 1.54) is 11.3 Å². The molecule has 6 heteroatoms. The summed E-state index contributed by atoms with van der Waals surface area (Å²) in [5.74, 6) is 1.65. The summed E-state index contributed by atoms with van der Waals surface area (Å²) in [5.41, 5.74) is 4.37. The molecule has 0 unspecified atom stereocenters. The fourth-order valence-corrected chi connectivity index (χ4v) is 2.80. The SMILES string of the molecule is CN=C(NCCc1ccc(OC)cc1)NCc1cn2c(C)cccc2n1. The minimum Gasteiger partial charge on any atom is -0.497 e. The zero-order valence-corrected chi connectivity index (χ0v) is 15.5. The fourth-order valence-electron chi connectivity index (χ4n) is 2.80. The predicted octanol–water partition coefficient (Wildman–Crippen LogP) is 2.56. The Bertz CT molecular complexity index is 883. The van der Waals surface area contributed by atoms with Crippen molar-refractivity contribution in [2.75, 3.05) is 20.7 Å². The molecule has 3 aromatic rings. The Morgan fingerprint density at radius 3 is 2.65 bits per heavy atom. The molecule has 0 bridgehead atoms. The monoisotopic (exact) mass is 351 g/mol. The lowest BCUT2D eigenvalue weighted by atomic mass is 10.1. The van der Waals surface area contributed by atoms with Crippen LogP contribution in [0.2, 0.25) is 0 Å². The van der Waals surface area contributed by atoms with Crippen LogP contribution in [-0.4, -0.2) is 36.0 Å². The number of hydrogen-bond acceptors (Lipinski definition) is 3. The van der Waals surface area contributed by atoms with Crippen LogP contribution >= 0.6 is 0 Å². The van der Waals surface area contributed by atoms with Gasteiger partial charge in [-0.05, 0) is 43.2 Å². The molecule has 0 radical (unpaired) electrons. The van der Waals surface area contributed by atoms with Crippen molar-refractivity contribution in [1.82, 2.24) is 20.0 Å². The minimum absolute atomic E-state index is 0.628. The van der Waals surface area contributed by atoms with Gasteiger partial charge in [0.1, 0.15) is 11.4 Å². The standard InChI is InChI=1S/C20H25N5O/c1-15-5-4-6-19-24-17(14-25(15)19)13-23-20(21-2)22-12-11-16-7-9-18(26-3)10-8-16/h4-10,14H,11-13H2,1-3H3,(H2,21,22,23). The highest BCUT2D eigenvalue weighted by Crippen LogP contribution is 2.11. The van der Waals surface area contributed by atoms with Gasteiger partial charge in [0, 0.05) is 25.5 Å². The van der Waals surface area contributed by atoms with Crippen LogP contribution in [0, 0.1) is 6.92 Å². The van der Waals surface area contributed by atoms with Crippen molar-refractivity contribution in [3.8, 4) is 5.75 Å². The van der Waals surface area contributed by atoms with Crippen molar-refractivity contribution < 1.29 is 4.74 Å². The van der Waals surface area contributed by atoms with Crippen LogP contribution in [0.25, 0.3) is 5.65 Å². The molecule has 0 saturated carbocycles. The molecule has 0 amide bonds. The van der Waals surface area contributed by atoms with Crippen LogP contribution in [-0.2, 0) is 13.0 Å². The summed E-state index contributed by atoms with van der Waals surface area (Å²) in [5, 5.41) is 6.65. The van der Waals surface area contributed by atoms with Crippen LogP contribution in [0.3, 0.4) is 0 Å². The molecule has 1 aromatic carbocycles. The average molecular weight is 351 g/mol. The van der Waals surface area contributed by atoms with Crippen LogP contribution in [0.5, 0.6) is 5.75 Å². The number of ether oxygens (including phenoxy) is 1. The van der Waals surface area contributed by atoms with Gasteiger partial charge in [0.2, 0.25) is 0 Å². The second kappa shape index (κ2) is 8.38. The topological polar surface area (TPSA) is 63.0 Å². The number of imidazole rings is 1. The number of guanidine groups is 1. The van der Waals surface area contributed by atoms with Crippen LogP contribution < -0.4 is 15.4 Å². The zero-order valence-electron chi connectivity index (χ0n) is 15.5. The number of aromatic nitrogens is 2. The van der Waals surface area contributed by atoms with E-state index in [9.17, 15) is 0 Å². The number of methoxy groups -OCH3 is 1. The van der Waals surface area contributed by atoms with Crippen LogP contribution in [0.4, 0.5) is 0 Å². The van der Waals surface area contributed by atoms with E-state index in [1.54, 1.807) is 14.2 Å². The molecular formula is C20H25N5O. The van der Waals surface area contributed by atoms with Crippen molar-refractivity contribution in [2.24, 2.45) is 4.99 Å². The number of rotatable bonds is 6. The van der Waals surface area contributed by atoms with Gasteiger partial charge in [-0.1, -0.05) is 18.2 Å². The lowest BCUT2D eigenvalue weighted by molar-refractivity contribution is 0.414. The summed E-state index contributed by atoms with van der Waals surface area (Å²) in [4.78, 5) is 8.90. The Labute approximate surface area is 153 Å². The van der Waals surface area contributed by atoms with Gasteiger partial charge in [0.15, 0.2) is 5.96 Å². The molecule has 0 aliphatic heterocycles. The maximum atomic E-state index is 5.18. The summed E-state index contributed by atoms with van der Waals surface area (Å²) in [6.07, 6.45) is 2.97. The van der Waals surface area contributed by atoms with E-state index in [4.69, 9.17) is 4.74 Å². The lowest BCUT2D eigenvalue weighted by Crippen LogP contribution is -2.37. The number of hydrogen-bond donors (Lipinski definition) is 2. The second-order valence-electron chi connectivity index (χ2n) is 6.08. The van der Waals surface area contributed by atoms with E-state index in [0.29, 0.717) is 6.54 Å². The molecule has 2 aromatic heterocycles. The van der Waals surface area contributed by atoms with Gasteiger partial charge >= 0.3 is 0 Å². The Morgan fingerprint density at radius 2 is 1.96 bits per heavy atom. The van der Waals surface area contributed by atoms with Gasteiger partial charge in [0.05, 0.1) is 19.3 Å². The number of aliphatic imine (C=N–C) groups is 1. The minimum atomic E-state index is 0.628. The van der Waals surface area contributed by atoms with Crippen LogP contribution in [0.1, 0.15) is 17.0 Å². The molecule has 26 heavy (non-hydrogen) atoms. The largest absolute Gasteiger partial charge is 0.497 e. The molecule has 0 saturated heterocycles. The number of fused-ring (bicyclic) bond motifs is 1. The predicted molar refractivity (Wildman–Crippen MR) is 105 cm³/mol. The fraction of sp³-hybridized carbons (Fsp3) is 0.300. The van der Waals surface area contributed by atoms with Crippen molar-refractivity contribution in [2.45, 2.75) is 19.9 Å². The lowest BCUT2D eigenvalue weighted by Gasteiger charge is -2.11. The van der Waals surface area contributed by atoms with E-state index in [2.05, 4.69) is 56.3 Å². The van der Waals surface area contributed by atoms with Gasteiger partial charge in [-0.25, -0.2) is 4.98 Å². The summed E-state index contributed by atoms with van der Waals surface area (Å²) >= 11 is 0. The summed E-state index contributed by atoms with van der Waals surface area (Å²) in [6.45, 7) is 3.51. The Hall–Kier alpha value is -3.02.